The van der Waals surface area contributed by atoms with Crippen LogP contribution in [-0.4, -0.2) is 21.7 Å². The van der Waals surface area contributed by atoms with E-state index in [2.05, 4.69) is 16.4 Å². The number of hydrogen-bond donors (Lipinski definition) is 4. The Morgan fingerprint density at radius 2 is 1.92 bits per heavy atom. The molecule has 0 amide bonds. The van der Waals surface area contributed by atoms with Gasteiger partial charge in [-0.2, -0.15) is 0 Å². The van der Waals surface area contributed by atoms with E-state index in [1.165, 1.54) is 12.1 Å². The summed E-state index contributed by atoms with van der Waals surface area (Å²) in [5.41, 5.74) is 1.65. The van der Waals surface area contributed by atoms with Crippen LogP contribution in [0.1, 0.15) is 17.2 Å². The van der Waals surface area contributed by atoms with Gasteiger partial charge in [-0.3, -0.25) is 4.79 Å². The molecule has 0 fully saturated rings. The first-order chi connectivity index (χ1) is 12.6. The number of pyridine rings is 1. The third-order valence-electron chi connectivity index (χ3n) is 4.03. The van der Waals surface area contributed by atoms with E-state index in [9.17, 15) is 15.0 Å². The van der Waals surface area contributed by atoms with Crippen molar-refractivity contribution in [1.29, 1.82) is 0 Å². The molecule has 0 aliphatic rings. The predicted molar refractivity (Wildman–Crippen MR) is 98.8 cm³/mol. The highest BCUT2D eigenvalue weighted by Gasteiger charge is 2.13. The Labute approximate surface area is 150 Å². The maximum Gasteiger partial charge on any atom is 0.248 e. The van der Waals surface area contributed by atoms with Crippen LogP contribution < -0.4 is 15.6 Å². The first-order valence-corrected chi connectivity index (χ1v) is 8.03. The first-order valence-electron chi connectivity index (χ1n) is 8.03. The molecule has 26 heavy (non-hydrogen) atoms. The zero-order valence-electron chi connectivity index (χ0n) is 13.9. The molecule has 0 aliphatic carbocycles. The highest BCUT2D eigenvalue weighted by atomic mass is 16.5. The molecule has 6 heteroatoms. The van der Waals surface area contributed by atoms with Crippen LogP contribution in [-0.2, 0) is 6.54 Å². The Morgan fingerprint density at radius 3 is 2.65 bits per heavy atom. The molecule has 0 saturated carbocycles. The van der Waals surface area contributed by atoms with Crippen LogP contribution in [0.5, 0.6) is 11.5 Å². The minimum absolute atomic E-state index is 0.0316. The number of aromatic amines is 1. The molecular formula is C20H18N2O4. The summed E-state index contributed by atoms with van der Waals surface area (Å²) in [6.45, 7) is 0.863. The number of terminal acetylenes is 1. The van der Waals surface area contributed by atoms with E-state index in [4.69, 9.17) is 11.2 Å². The maximum absolute atomic E-state index is 11.4. The fourth-order valence-electron chi connectivity index (χ4n) is 2.76. The van der Waals surface area contributed by atoms with Crippen molar-refractivity contribution in [1.82, 2.24) is 10.3 Å². The van der Waals surface area contributed by atoms with Crippen molar-refractivity contribution in [3.63, 3.8) is 0 Å². The number of nitrogens with one attached hydrogen (secondary N) is 2. The molecular weight excluding hydrogens is 332 g/mol. The third kappa shape index (κ3) is 3.86. The molecule has 0 aliphatic heterocycles. The van der Waals surface area contributed by atoms with Gasteiger partial charge in [0.2, 0.25) is 5.56 Å². The number of phenols is 1. The van der Waals surface area contributed by atoms with E-state index in [1.54, 1.807) is 24.3 Å². The Balaban J connectivity index is 1.68. The van der Waals surface area contributed by atoms with Crippen molar-refractivity contribution in [3.8, 4) is 24.0 Å². The minimum atomic E-state index is -0.798. The highest BCUT2D eigenvalue weighted by molar-refractivity contribution is 5.87. The standard InChI is InChI=1S/C20H18N2O4/c1-2-26-14-5-3-13(4-6-14)11-21-12-18(24)15-7-9-17(23)20-16(15)8-10-19(25)22-20/h1,3-10,18,21,23-24H,11-12H2,(H,22,25)/t18-/m0/s1. The summed E-state index contributed by atoms with van der Waals surface area (Å²) in [6, 6.07) is 13.4. The van der Waals surface area contributed by atoms with Gasteiger partial charge in [0.25, 0.3) is 0 Å². The zero-order chi connectivity index (χ0) is 18.5. The fourth-order valence-corrected chi connectivity index (χ4v) is 2.76. The lowest BCUT2D eigenvalue weighted by atomic mass is 10.0. The average Bonchev–Trinajstić information content (AvgIpc) is 2.64. The number of aromatic hydroxyl groups is 1. The summed E-state index contributed by atoms with van der Waals surface area (Å²) in [5.74, 6) is 0.566. The molecule has 2 aromatic carbocycles. The fraction of sp³-hybridized carbons (Fsp3) is 0.150. The van der Waals surface area contributed by atoms with Crippen molar-refractivity contribution in [2.75, 3.05) is 6.54 Å². The smallest absolute Gasteiger partial charge is 0.248 e. The monoisotopic (exact) mass is 350 g/mol. The minimum Gasteiger partial charge on any atom is -0.506 e. The Kier molecular flexibility index (Phi) is 5.23. The van der Waals surface area contributed by atoms with Gasteiger partial charge < -0.3 is 25.3 Å². The summed E-state index contributed by atoms with van der Waals surface area (Å²) >= 11 is 0. The van der Waals surface area contributed by atoms with Gasteiger partial charge in [-0.05, 0) is 35.4 Å². The number of aliphatic hydroxyl groups excluding tert-OH is 1. The van der Waals surface area contributed by atoms with E-state index in [1.807, 2.05) is 12.1 Å². The SMILES string of the molecule is C#COc1ccc(CNC[C@H](O)c2ccc(O)c3[nH]c(=O)ccc23)cc1. The summed E-state index contributed by atoms with van der Waals surface area (Å²) in [6.07, 6.45) is 6.39. The second kappa shape index (κ2) is 7.74. The quantitative estimate of drug-likeness (QED) is 0.510. The van der Waals surface area contributed by atoms with Crippen molar-refractivity contribution in [3.05, 3.63) is 70.0 Å². The summed E-state index contributed by atoms with van der Waals surface area (Å²) in [4.78, 5) is 14.0. The molecule has 1 aromatic heterocycles. The van der Waals surface area contributed by atoms with Crippen molar-refractivity contribution < 1.29 is 14.9 Å². The molecule has 0 radical (unpaired) electrons. The molecule has 132 valence electrons. The number of ether oxygens (including phenoxy) is 1. The number of rotatable bonds is 6. The molecule has 1 heterocycles. The van der Waals surface area contributed by atoms with Crippen LogP contribution in [0.4, 0.5) is 0 Å². The molecule has 1 atom stereocenters. The Bertz CT molecular complexity index is 1000. The number of phenolic OH excluding ortho intramolecular Hbond substituents is 1. The van der Waals surface area contributed by atoms with Gasteiger partial charge in [-0.1, -0.05) is 24.6 Å². The van der Waals surface area contributed by atoms with Gasteiger partial charge in [0.15, 0.2) is 0 Å². The van der Waals surface area contributed by atoms with E-state index in [0.717, 1.165) is 5.56 Å². The zero-order valence-corrected chi connectivity index (χ0v) is 13.9. The normalized spacial score (nSPS) is 11.8. The molecule has 6 nitrogen and oxygen atoms in total. The molecule has 0 bridgehead atoms. The number of aromatic nitrogens is 1. The highest BCUT2D eigenvalue weighted by Crippen LogP contribution is 2.28. The summed E-state index contributed by atoms with van der Waals surface area (Å²) < 4.78 is 4.94. The molecule has 0 spiro atoms. The van der Waals surface area contributed by atoms with Crippen LogP contribution in [0.3, 0.4) is 0 Å². The van der Waals surface area contributed by atoms with Crippen molar-refractivity contribution in [2.45, 2.75) is 12.6 Å². The molecule has 4 N–H and O–H groups in total. The average molecular weight is 350 g/mol. The lowest BCUT2D eigenvalue weighted by molar-refractivity contribution is 0.176. The number of benzene rings is 2. The number of aliphatic hydroxyl groups is 1. The lowest BCUT2D eigenvalue weighted by Crippen LogP contribution is -2.21. The topological polar surface area (TPSA) is 94.6 Å². The van der Waals surface area contributed by atoms with Crippen molar-refractivity contribution in [2.24, 2.45) is 0 Å². The van der Waals surface area contributed by atoms with Gasteiger partial charge in [-0.15, -0.1) is 0 Å². The largest absolute Gasteiger partial charge is 0.506 e. The van der Waals surface area contributed by atoms with Crippen LogP contribution >= 0.6 is 0 Å². The van der Waals surface area contributed by atoms with Crippen LogP contribution in [0.2, 0.25) is 0 Å². The van der Waals surface area contributed by atoms with E-state index in [0.29, 0.717) is 35.3 Å². The van der Waals surface area contributed by atoms with Gasteiger partial charge in [0.05, 0.1) is 11.6 Å². The number of hydrogen-bond acceptors (Lipinski definition) is 5. The first kappa shape index (κ1) is 17.5. The molecule has 0 unspecified atom stereocenters. The van der Waals surface area contributed by atoms with Gasteiger partial charge in [0.1, 0.15) is 17.6 Å². The number of fused-ring (bicyclic) bond motifs is 1. The Hall–Kier alpha value is -3.27. The van der Waals surface area contributed by atoms with E-state index >= 15 is 0 Å². The van der Waals surface area contributed by atoms with Crippen molar-refractivity contribution >= 4 is 10.9 Å². The van der Waals surface area contributed by atoms with E-state index < -0.39 is 6.10 Å². The second-order valence-electron chi connectivity index (χ2n) is 5.80. The van der Waals surface area contributed by atoms with Gasteiger partial charge in [0, 0.05) is 24.5 Å². The van der Waals surface area contributed by atoms with Crippen LogP contribution in [0, 0.1) is 12.5 Å². The van der Waals surface area contributed by atoms with Crippen LogP contribution in [0.25, 0.3) is 10.9 Å². The molecule has 3 rings (SSSR count). The predicted octanol–water partition coefficient (Wildman–Crippen LogP) is 2.03. The number of H-pyrrole nitrogens is 1. The van der Waals surface area contributed by atoms with Crippen LogP contribution in [0.15, 0.2) is 53.3 Å². The second-order valence-corrected chi connectivity index (χ2v) is 5.80. The molecule has 0 saturated heterocycles. The molecule has 3 aromatic rings. The lowest BCUT2D eigenvalue weighted by Gasteiger charge is -2.15. The summed E-state index contributed by atoms with van der Waals surface area (Å²) in [5, 5.41) is 24.2. The third-order valence-corrected chi connectivity index (χ3v) is 4.03. The summed E-state index contributed by atoms with van der Waals surface area (Å²) in [7, 11) is 0. The Morgan fingerprint density at radius 1 is 1.15 bits per heavy atom. The van der Waals surface area contributed by atoms with Gasteiger partial charge >= 0.3 is 0 Å². The van der Waals surface area contributed by atoms with Gasteiger partial charge in [-0.25, -0.2) is 0 Å². The maximum atomic E-state index is 11.4. The van der Waals surface area contributed by atoms with E-state index in [-0.39, 0.29) is 11.3 Å².